The average Bonchev–Trinajstić information content (AvgIpc) is 2.27. The molecule has 1 amide bonds. The lowest BCUT2D eigenvalue weighted by Crippen LogP contribution is -2.52. The summed E-state index contributed by atoms with van der Waals surface area (Å²) in [5.74, 6) is -0.340. The lowest BCUT2D eigenvalue weighted by molar-refractivity contribution is 0.0895. The van der Waals surface area contributed by atoms with Gasteiger partial charge in [0, 0.05) is 18.2 Å². The van der Waals surface area contributed by atoms with Crippen molar-refractivity contribution in [3.63, 3.8) is 0 Å². The second-order valence-corrected chi connectivity index (χ2v) is 5.52. The molecule has 106 valence electrons. The number of hydrogen-bond acceptors (Lipinski definition) is 4. The van der Waals surface area contributed by atoms with Gasteiger partial charge in [0.1, 0.15) is 11.5 Å². The van der Waals surface area contributed by atoms with Gasteiger partial charge in [-0.25, -0.2) is 0 Å². The molecule has 1 unspecified atom stereocenters. The summed E-state index contributed by atoms with van der Waals surface area (Å²) in [6.45, 7) is 6.30. The highest BCUT2D eigenvalue weighted by molar-refractivity contribution is 5.97. The molecular weight excluding hydrogens is 244 g/mol. The van der Waals surface area contributed by atoms with Crippen LogP contribution >= 0.6 is 0 Å². The van der Waals surface area contributed by atoms with Crippen LogP contribution in [-0.4, -0.2) is 28.2 Å². The molecule has 1 aromatic carbocycles. The van der Waals surface area contributed by atoms with Gasteiger partial charge < -0.3 is 21.3 Å². The maximum absolute atomic E-state index is 12.1. The molecule has 0 fully saturated rings. The Morgan fingerprint density at radius 2 is 2.05 bits per heavy atom. The Labute approximate surface area is 113 Å². The number of nitrogens with two attached hydrogens (primary N) is 1. The van der Waals surface area contributed by atoms with Crippen LogP contribution in [0.25, 0.3) is 0 Å². The maximum atomic E-state index is 12.1. The number of hydrogen-bond donors (Lipinski definition) is 4. The van der Waals surface area contributed by atoms with E-state index in [0.717, 1.165) is 12.5 Å². The average molecular weight is 266 g/mol. The van der Waals surface area contributed by atoms with E-state index >= 15 is 0 Å². The van der Waals surface area contributed by atoms with E-state index in [9.17, 15) is 15.0 Å². The molecule has 0 saturated heterocycles. The van der Waals surface area contributed by atoms with Gasteiger partial charge in [0.15, 0.2) is 0 Å². The predicted molar refractivity (Wildman–Crippen MR) is 74.2 cm³/mol. The van der Waals surface area contributed by atoms with Crippen LogP contribution < -0.4 is 11.1 Å². The summed E-state index contributed by atoms with van der Waals surface area (Å²) in [4.78, 5) is 12.1. The van der Waals surface area contributed by atoms with Crippen molar-refractivity contribution in [3.05, 3.63) is 23.8 Å². The molecule has 0 aliphatic carbocycles. The number of aromatic hydroxyl groups is 2. The number of phenolic OH excluding ortho intramolecular Hbond substituents is 2. The van der Waals surface area contributed by atoms with E-state index in [0.29, 0.717) is 12.5 Å². The minimum atomic E-state index is -0.518. The topological polar surface area (TPSA) is 95.6 Å². The van der Waals surface area contributed by atoms with Gasteiger partial charge in [0.2, 0.25) is 0 Å². The Bertz CT molecular complexity index is 460. The molecule has 5 nitrogen and oxygen atoms in total. The third kappa shape index (κ3) is 4.13. The second kappa shape index (κ2) is 5.93. The largest absolute Gasteiger partial charge is 0.508 e. The molecule has 0 saturated carbocycles. The third-order valence-corrected chi connectivity index (χ3v) is 2.95. The zero-order valence-corrected chi connectivity index (χ0v) is 11.6. The molecule has 1 atom stereocenters. The van der Waals surface area contributed by atoms with Crippen molar-refractivity contribution in [2.24, 2.45) is 11.7 Å². The van der Waals surface area contributed by atoms with E-state index in [1.165, 1.54) is 12.1 Å². The van der Waals surface area contributed by atoms with E-state index in [1.807, 2.05) is 6.92 Å². The van der Waals surface area contributed by atoms with Crippen LogP contribution in [0.5, 0.6) is 11.5 Å². The second-order valence-electron chi connectivity index (χ2n) is 5.52. The number of benzene rings is 1. The smallest absolute Gasteiger partial charge is 0.255 e. The van der Waals surface area contributed by atoms with Crippen molar-refractivity contribution >= 4 is 5.91 Å². The molecule has 1 rings (SSSR count). The van der Waals surface area contributed by atoms with Gasteiger partial charge in [-0.1, -0.05) is 13.8 Å². The number of carbonyl (C=O) groups excluding carboxylic acids is 1. The summed E-state index contributed by atoms with van der Waals surface area (Å²) in [5, 5.41) is 21.7. The molecule has 0 bridgehead atoms. The minimum absolute atomic E-state index is 0.0854. The summed E-state index contributed by atoms with van der Waals surface area (Å²) in [7, 11) is 0. The first-order valence-electron chi connectivity index (χ1n) is 6.32. The van der Waals surface area contributed by atoms with Gasteiger partial charge in [-0.3, -0.25) is 4.79 Å². The van der Waals surface area contributed by atoms with Crippen LogP contribution in [0.1, 0.15) is 37.6 Å². The molecule has 19 heavy (non-hydrogen) atoms. The Morgan fingerprint density at radius 3 is 2.53 bits per heavy atom. The van der Waals surface area contributed by atoms with Crippen molar-refractivity contribution in [3.8, 4) is 11.5 Å². The molecule has 0 spiro atoms. The SMILES string of the molecule is CC(C)CC(C)(CN)NC(=O)c1ccc(O)cc1O. The highest BCUT2D eigenvalue weighted by Crippen LogP contribution is 2.24. The molecular formula is C14H22N2O3. The summed E-state index contributed by atoms with van der Waals surface area (Å²) in [5.41, 5.74) is 5.33. The van der Waals surface area contributed by atoms with E-state index < -0.39 is 11.4 Å². The van der Waals surface area contributed by atoms with Gasteiger partial charge in [-0.15, -0.1) is 0 Å². The van der Waals surface area contributed by atoms with Crippen molar-refractivity contribution in [1.82, 2.24) is 5.32 Å². The summed E-state index contributed by atoms with van der Waals surface area (Å²) < 4.78 is 0. The summed E-state index contributed by atoms with van der Waals surface area (Å²) >= 11 is 0. The predicted octanol–water partition coefficient (Wildman–Crippen LogP) is 1.59. The molecule has 0 heterocycles. The lowest BCUT2D eigenvalue weighted by Gasteiger charge is -2.31. The zero-order chi connectivity index (χ0) is 14.6. The Hall–Kier alpha value is -1.75. The molecule has 0 aromatic heterocycles. The molecule has 0 aliphatic heterocycles. The molecule has 1 aromatic rings. The third-order valence-electron chi connectivity index (χ3n) is 2.95. The van der Waals surface area contributed by atoms with Crippen molar-refractivity contribution < 1.29 is 15.0 Å². The zero-order valence-electron chi connectivity index (χ0n) is 11.6. The molecule has 5 N–H and O–H groups in total. The number of phenols is 2. The van der Waals surface area contributed by atoms with Crippen LogP contribution in [0.15, 0.2) is 18.2 Å². The van der Waals surface area contributed by atoms with Gasteiger partial charge in [0.25, 0.3) is 5.91 Å². The fraction of sp³-hybridized carbons (Fsp3) is 0.500. The minimum Gasteiger partial charge on any atom is -0.508 e. The quantitative estimate of drug-likeness (QED) is 0.651. The van der Waals surface area contributed by atoms with Crippen molar-refractivity contribution in [2.45, 2.75) is 32.7 Å². The van der Waals surface area contributed by atoms with Crippen LogP contribution in [0.2, 0.25) is 0 Å². The van der Waals surface area contributed by atoms with E-state index in [1.54, 1.807) is 0 Å². The molecule has 0 radical (unpaired) electrons. The Kier molecular flexibility index (Phi) is 4.78. The van der Waals surface area contributed by atoms with Gasteiger partial charge in [0.05, 0.1) is 5.56 Å². The number of amides is 1. The first kappa shape index (κ1) is 15.3. The summed E-state index contributed by atoms with van der Waals surface area (Å²) in [6, 6.07) is 3.88. The van der Waals surface area contributed by atoms with E-state index in [4.69, 9.17) is 5.73 Å². The first-order valence-corrected chi connectivity index (χ1v) is 6.32. The molecule has 5 heteroatoms. The maximum Gasteiger partial charge on any atom is 0.255 e. The van der Waals surface area contributed by atoms with Crippen LogP contribution in [-0.2, 0) is 0 Å². The van der Waals surface area contributed by atoms with Crippen molar-refractivity contribution in [1.29, 1.82) is 0 Å². The summed E-state index contributed by atoms with van der Waals surface area (Å²) in [6.07, 6.45) is 0.744. The molecule has 0 aliphatic rings. The standard InChI is InChI=1S/C14H22N2O3/c1-9(2)7-14(3,8-15)16-13(19)11-5-4-10(17)6-12(11)18/h4-6,9,17-18H,7-8,15H2,1-3H3,(H,16,19). The van der Waals surface area contributed by atoms with Crippen molar-refractivity contribution in [2.75, 3.05) is 6.54 Å². The van der Waals surface area contributed by atoms with E-state index in [2.05, 4.69) is 19.2 Å². The highest BCUT2D eigenvalue weighted by Gasteiger charge is 2.27. The number of carbonyl (C=O) groups is 1. The Balaban J connectivity index is 2.88. The van der Waals surface area contributed by atoms with Crippen LogP contribution in [0, 0.1) is 5.92 Å². The van der Waals surface area contributed by atoms with Crippen LogP contribution in [0.3, 0.4) is 0 Å². The highest BCUT2D eigenvalue weighted by atomic mass is 16.3. The fourth-order valence-electron chi connectivity index (χ4n) is 2.14. The van der Waals surface area contributed by atoms with E-state index in [-0.39, 0.29) is 17.1 Å². The van der Waals surface area contributed by atoms with Crippen LogP contribution in [0.4, 0.5) is 0 Å². The number of nitrogens with one attached hydrogen (secondary N) is 1. The lowest BCUT2D eigenvalue weighted by atomic mass is 9.90. The van der Waals surface area contributed by atoms with Gasteiger partial charge in [-0.2, -0.15) is 0 Å². The monoisotopic (exact) mass is 266 g/mol. The first-order chi connectivity index (χ1) is 8.77. The normalized spacial score (nSPS) is 14.2. The Morgan fingerprint density at radius 1 is 1.42 bits per heavy atom. The number of rotatable bonds is 5. The van der Waals surface area contributed by atoms with Gasteiger partial charge >= 0.3 is 0 Å². The fourth-order valence-corrected chi connectivity index (χ4v) is 2.14. The van der Waals surface area contributed by atoms with Gasteiger partial charge in [-0.05, 0) is 31.4 Å².